The SMILES string of the molecule is NCCC(O)C[C@H](N)C(=O)C(C(=O)O)N(C1Cc2ccccc2C1)[C@@H](CCc1ccccc1)C(=O)O. The number of carbonyl (C=O) groups is 3. The van der Waals surface area contributed by atoms with Crippen LogP contribution in [0.4, 0.5) is 0 Å². The van der Waals surface area contributed by atoms with Crippen LogP contribution in [0.3, 0.4) is 0 Å². The van der Waals surface area contributed by atoms with E-state index in [0.29, 0.717) is 19.3 Å². The van der Waals surface area contributed by atoms with Crippen LogP contribution < -0.4 is 11.5 Å². The average molecular weight is 498 g/mol. The molecule has 2 aromatic carbocycles. The van der Waals surface area contributed by atoms with Gasteiger partial charge in [0.15, 0.2) is 11.8 Å². The molecule has 0 bridgehead atoms. The van der Waals surface area contributed by atoms with Crippen LogP contribution in [-0.4, -0.2) is 74.8 Å². The van der Waals surface area contributed by atoms with Crippen LogP contribution in [0, 0.1) is 0 Å². The third-order valence-corrected chi connectivity index (χ3v) is 6.84. The van der Waals surface area contributed by atoms with E-state index in [9.17, 15) is 29.7 Å². The molecular formula is C27H35N3O6. The van der Waals surface area contributed by atoms with E-state index in [4.69, 9.17) is 11.5 Å². The molecule has 0 aliphatic heterocycles. The molecule has 1 aliphatic rings. The maximum Gasteiger partial charge on any atom is 0.328 e. The van der Waals surface area contributed by atoms with Crippen molar-refractivity contribution in [3.8, 4) is 0 Å². The zero-order valence-corrected chi connectivity index (χ0v) is 20.2. The molecule has 3 rings (SSSR count). The first-order chi connectivity index (χ1) is 17.2. The Hall–Kier alpha value is -3.11. The van der Waals surface area contributed by atoms with Crippen LogP contribution in [0.1, 0.15) is 36.0 Å². The van der Waals surface area contributed by atoms with E-state index in [-0.39, 0.29) is 25.8 Å². The van der Waals surface area contributed by atoms with Gasteiger partial charge in [0.05, 0.1) is 12.1 Å². The maximum absolute atomic E-state index is 13.4. The van der Waals surface area contributed by atoms with Crippen LogP contribution in [0.25, 0.3) is 0 Å². The van der Waals surface area contributed by atoms with Gasteiger partial charge >= 0.3 is 11.9 Å². The fourth-order valence-electron chi connectivity index (χ4n) is 5.06. The van der Waals surface area contributed by atoms with Gasteiger partial charge in [-0.1, -0.05) is 54.6 Å². The zero-order chi connectivity index (χ0) is 26.2. The minimum Gasteiger partial charge on any atom is -0.480 e. The molecule has 2 unspecified atom stereocenters. The Balaban J connectivity index is 1.95. The van der Waals surface area contributed by atoms with Crippen LogP contribution in [0.2, 0.25) is 0 Å². The summed E-state index contributed by atoms with van der Waals surface area (Å²) in [6.45, 7) is 0.192. The van der Waals surface area contributed by atoms with Gasteiger partial charge in [0.2, 0.25) is 0 Å². The molecule has 0 amide bonds. The van der Waals surface area contributed by atoms with Crippen molar-refractivity contribution < 1.29 is 29.7 Å². The summed E-state index contributed by atoms with van der Waals surface area (Å²) in [6.07, 6.45) is 0.473. The van der Waals surface area contributed by atoms with Crippen molar-refractivity contribution in [2.24, 2.45) is 11.5 Å². The number of nitrogens with zero attached hydrogens (tertiary/aromatic N) is 1. The lowest BCUT2D eigenvalue weighted by Gasteiger charge is -2.38. The van der Waals surface area contributed by atoms with Gasteiger partial charge in [0.1, 0.15) is 6.04 Å². The second-order valence-corrected chi connectivity index (χ2v) is 9.37. The van der Waals surface area contributed by atoms with Crippen LogP contribution in [0.5, 0.6) is 0 Å². The fourth-order valence-corrected chi connectivity index (χ4v) is 5.06. The second-order valence-electron chi connectivity index (χ2n) is 9.37. The largest absolute Gasteiger partial charge is 0.480 e. The lowest BCUT2D eigenvalue weighted by atomic mass is 9.93. The molecule has 0 fully saturated rings. The van der Waals surface area contributed by atoms with E-state index < -0.39 is 48.0 Å². The van der Waals surface area contributed by atoms with Gasteiger partial charge in [-0.2, -0.15) is 0 Å². The predicted molar refractivity (Wildman–Crippen MR) is 134 cm³/mol. The van der Waals surface area contributed by atoms with Crippen LogP contribution in [0.15, 0.2) is 54.6 Å². The highest BCUT2D eigenvalue weighted by atomic mass is 16.4. The Kier molecular flexibility index (Phi) is 9.72. The van der Waals surface area contributed by atoms with E-state index in [1.54, 1.807) is 0 Å². The minimum atomic E-state index is -1.76. The van der Waals surface area contributed by atoms with Gasteiger partial charge in [-0.05, 0) is 61.8 Å². The number of nitrogens with two attached hydrogens (primary N) is 2. The topological polar surface area (TPSA) is 167 Å². The highest BCUT2D eigenvalue weighted by Crippen LogP contribution is 2.30. The van der Waals surface area contributed by atoms with Crippen LogP contribution in [-0.2, 0) is 33.6 Å². The van der Waals surface area contributed by atoms with Gasteiger partial charge in [0.25, 0.3) is 0 Å². The number of aliphatic hydroxyl groups excluding tert-OH is 1. The summed E-state index contributed by atoms with van der Waals surface area (Å²) in [4.78, 5) is 39.8. The maximum atomic E-state index is 13.4. The van der Waals surface area contributed by atoms with Gasteiger partial charge < -0.3 is 26.8 Å². The predicted octanol–water partition coefficient (Wildman–Crippen LogP) is 0.991. The molecule has 0 aromatic heterocycles. The third kappa shape index (κ3) is 6.76. The van der Waals surface area contributed by atoms with E-state index in [1.165, 1.54) is 4.90 Å². The molecule has 4 atom stereocenters. The van der Waals surface area contributed by atoms with Crippen molar-refractivity contribution in [3.63, 3.8) is 0 Å². The van der Waals surface area contributed by atoms with Crippen LogP contribution >= 0.6 is 0 Å². The number of carboxylic acids is 2. The number of Topliss-reactive ketones (excluding diaryl/α,β-unsaturated/α-hetero) is 1. The number of ketones is 1. The summed E-state index contributed by atoms with van der Waals surface area (Å²) >= 11 is 0. The van der Waals surface area contributed by atoms with Crippen molar-refractivity contribution in [3.05, 3.63) is 71.3 Å². The molecule has 7 N–H and O–H groups in total. The molecule has 9 nitrogen and oxygen atoms in total. The molecule has 1 aliphatic carbocycles. The summed E-state index contributed by atoms with van der Waals surface area (Å²) in [5, 5.41) is 30.5. The number of hydrogen-bond donors (Lipinski definition) is 5. The van der Waals surface area contributed by atoms with E-state index >= 15 is 0 Å². The number of aliphatic hydroxyl groups is 1. The minimum absolute atomic E-state index is 0.119. The van der Waals surface area contributed by atoms with Gasteiger partial charge in [-0.3, -0.25) is 19.3 Å². The summed E-state index contributed by atoms with van der Waals surface area (Å²) in [5.41, 5.74) is 14.4. The molecule has 0 saturated heterocycles. The second kappa shape index (κ2) is 12.7. The molecule has 36 heavy (non-hydrogen) atoms. The standard InChI is InChI=1S/C27H35N3O6/c28-13-12-21(31)16-22(29)25(32)24(27(35)36)30(20-14-18-8-4-5-9-19(18)15-20)23(26(33)34)11-10-17-6-2-1-3-7-17/h1-9,20-24,31H,10-16,28-29H2,(H,33,34)(H,35,36)/t21?,22-,23-,24?/m0/s1. The Morgan fingerprint density at radius 2 is 1.50 bits per heavy atom. The van der Waals surface area contributed by atoms with Gasteiger partial charge in [-0.25, -0.2) is 0 Å². The number of aliphatic carboxylic acids is 2. The molecule has 194 valence electrons. The number of benzene rings is 2. The first-order valence-electron chi connectivity index (χ1n) is 12.2. The smallest absolute Gasteiger partial charge is 0.328 e. The number of carbonyl (C=O) groups excluding carboxylic acids is 1. The first-order valence-corrected chi connectivity index (χ1v) is 12.2. The van der Waals surface area contributed by atoms with Crippen molar-refractivity contribution in [1.29, 1.82) is 0 Å². The zero-order valence-electron chi connectivity index (χ0n) is 20.2. The molecule has 0 radical (unpaired) electrons. The third-order valence-electron chi connectivity index (χ3n) is 6.84. The number of carboxylic acid groups (broad SMARTS) is 2. The highest BCUT2D eigenvalue weighted by Gasteiger charge is 2.46. The number of rotatable bonds is 14. The lowest BCUT2D eigenvalue weighted by molar-refractivity contribution is -0.157. The van der Waals surface area contributed by atoms with Gasteiger partial charge in [-0.15, -0.1) is 0 Å². The van der Waals surface area contributed by atoms with Crippen molar-refractivity contribution in [2.75, 3.05) is 6.54 Å². The normalized spacial score (nSPS) is 16.8. The van der Waals surface area contributed by atoms with Gasteiger partial charge in [0, 0.05) is 6.04 Å². The summed E-state index contributed by atoms with van der Waals surface area (Å²) < 4.78 is 0. The molecule has 0 spiro atoms. The summed E-state index contributed by atoms with van der Waals surface area (Å²) in [7, 11) is 0. The molecule has 9 heteroatoms. The highest BCUT2D eigenvalue weighted by molar-refractivity contribution is 6.05. The molecule has 0 saturated carbocycles. The molecule has 0 heterocycles. The molecular weight excluding hydrogens is 462 g/mol. The van der Waals surface area contributed by atoms with E-state index in [2.05, 4.69) is 0 Å². The van der Waals surface area contributed by atoms with Crippen molar-refractivity contribution in [2.45, 2.75) is 68.8 Å². The summed E-state index contributed by atoms with van der Waals surface area (Å²) in [5.74, 6) is -3.47. The lowest BCUT2D eigenvalue weighted by Crippen LogP contribution is -2.61. The fraction of sp³-hybridized carbons (Fsp3) is 0.444. The quantitative estimate of drug-likeness (QED) is 0.239. The van der Waals surface area contributed by atoms with E-state index in [1.807, 2.05) is 54.6 Å². The molecule has 2 aromatic rings. The van der Waals surface area contributed by atoms with Crippen molar-refractivity contribution >= 4 is 17.7 Å². The monoisotopic (exact) mass is 497 g/mol. The van der Waals surface area contributed by atoms with E-state index in [0.717, 1.165) is 16.7 Å². The number of hydrogen-bond acceptors (Lipinski definition) is 7. The average Bonchev–Trinajstić information content (AvgIpc) is 3.27. The Morgan fingerprint density at radius 1 is 0.917 bits per heavy atom. The Labute approximate surface area is 210 Å². The van der Waals surface area contributed by atoms with Crippen molar-refractivity contribution in [1.82, 2.24) is 4.90 Å². The summed E-state index contributed by atoms with van der Waals surface area (Å²) in [6, 6.07) is 12.2. The Morgan fingerprint density at radius 3 is 2.03 bits per heavy atom. The number of fused-ring (bicyclic) bond motifs is 1. The number of aryl methyl sites for hydroxylation is 1. The Bertz CT molecular complexity index is 1020. The first kappa shape index (κ1) is 27.5.